The average Bonchev–Trinajstić information content (AvgIpc) is 2.89. The molecule has 0 aromatic carbocycles. The van der Waals surface area contributed by atoms with E-state index in [1.807, 2.05) is 0 Å². The smallest absolute Gasteiger partial charge is 0.230 e. The number of hydrogen-bond acceptors (Lipinski definition) is 7. The fourth-order valence-electron chi connectivity index (χ4n) is 6.23. The van der Waals surface area contributed by atoms with E-state index in [9.17, 15) is 0 Å². The number of aromatic nitrogens is 3. The summed E-state index contributed by atoms with van der Waals surface area (Å²) in [5.41, 5.74) is 0.223. The molecule has 0 bridgehead atoms. The van der Waals surface area contributed by atoms with E-state index in [2.05, 4.69) is 82.3 Å². The van der Waals surface area contributed by atoms with Crippen LogP contribution in [-0.2, 0) is 6.54 Å². The van der Waals surface area contributed by atoms with Gasteiger partial charge in [0.15, 0.2) is 0 Å². The molecule has 7 nitrogen and oxygen atoms in total. The van der Waals surface area contributed by atoms with Crippen LogP contribution in [0.25, 0.3) is 0 Å². The second kappa shape index (κ2) is 17.5. The van der Waals surface area contributed by atoms with Crippen molar-refractivity contribution in [1.29, 1.82) is 0 Å². The Morgan fingerprint density at radius 1 is 0.600 bits per heavy atom. The molecule has 0 saturated carbocycles. The Morgan fingerprint density at radius 2 is 0.975 bits per heavy atom. The van der Waals surface area contributed by atoms with Crippen molar-refractivity contribution >= 4 is 11.9 Å². The third-order valence-corrected chi connectivity index (χ3v) is 8.18. The zero-order chi connectivity index (χ0) is 29.6. The van der Waals surface area contributed by atoms with E-state index in [4.69, 9.17) is 15.0 Å². The van der Waals surface area contributed by atoms with Gasteiger partial charge in [0.2, 0.25) is 11.9 Å². The predicted molar refractivity (Wildman–Crippen MR) is 174 cm³/mol. The molecule has 1 aromatic heterocycles. The van der Waals surface area contributed by atoms with Crippen LogP contribution in [-0.4, -0.2) is 69.7 Å². The maximum atomic E-state index is 5.22. The molecule has 0 aliphatic carbocycles. The van der Waals surface area contributed by atoms with Crippen LogP contribution in [0.5, 0.6) is 0 Å². The summed E-state index contributed by atoms with van der Waals surface area (Å²) in [6.45, 7) is 26.8. The molecule has 2 heterocycles. The molecule has 1 saturated heterocycles. The number of nitrogens with one attached hydrogen (secondary N) is 1. The van der Waals surface area contributed by atoms with Crippen LogP contribution in [0, 0.1) is 0 Å². The number of rotatable bonds is 20. The van der Waals surface area contributed by atoms with Gasteiger partial charge in [0.25, 0.3) is 0 Å². The standard InChI is InChI=1S/C33H65N7/c1-10-15-20-38(21-16-11-2)30-34-29(35-31(36-30)39(22-17-12-3)23-18-13-4)27-40(24-19-14-5)28-25-32(6,7)37-33(8,9)26-28/h28,37H,10-27H2,1-9H3. The fraction of sp³-hybridized carbons (Fsp3) is 0.909. The number of piperidine rings is 1. The molecule has 0 unspecified atom stereocenters. The van der Waals surface area contributed by atoms with Crippen molar-refractivity contribution < 1.29 is 0 Å². The van der Waals surface area contributed by atoms with E-state index >= 15 is 0 Å². The lowest BCUT2D eigenvalue weighted by Crippen LogP contribution is -2.62. The lowest BCUT2D eigenvalue weighted by atomic mass is 9.79. The molecule has 0 amide bonds. The molecular weight excluding hydrogens is 494 g/mol. The van der Waals surface area contributed by atoms with E-state index in [-0.39, 0.29) is 11.1 Å². The number of unbranched alkanes of at least 4 members (excludes halogenated alkanes) is 5. The second-order valence-electron chi connectivity index (χ2n) is 13.5. The Hall–Kier alpha value is -1.47. The van der Waals surface area contributed by atoms with Crippen molar-refractivity contribution in [3.05, 3.63) is 5.82 Å². The van der Waals surface area contributed by atoms with Gasteiger partial charge in [-0.2, -0.15) is 15.0 Å². The van der Waals surface area contributed by atoms with Crippen LogP contribution in [0.2, 0.25) is 0 Å². The van der Waals surface area contributed by atoms with Gasteiger partial charge < -0.3 is 15.1 Å². The van der Waals surface area contributed by atoms with Crippen LogP contribution >= 0.6 is 0 Å². The van der Waals surface area contributed by atoms with Crippen molar-refractivity contribution in [3.63, 3.8) is 0 Å². The Kier molecular flexibility index (Phi) is 15.2. The Bertz CT molecular complexity index is 755. The number of anilines is 2. The first-order valence-electron chi connectivity index (χ1n) is 16.9. The van der Waals surface area contributed by atoms with E-state index in [1.165, 1.54) is 38.5 Å². The van der Waals surface area contributed by atoms with Crippen molar-refractivity contribution in [3.8, 4) is 0 Å². The summed E-state index contributed by atoms with van der Waals surface area (Å²) in [5.74, 6) is 2.73. The molecule has 40 heavy (non-hydrogen) atoms. The lowest BCUT2D eigenvalue weighted by molar-refractivity contribution is 0.0588. The van der Waals surface area contributed by atoms with E-state index < -0.39 is 0 Å². The predicted octanol–water partition coefficient (Wildman–Crippen LogP) is 7.60. The first-order chi connectivity index (χ1) is 19.1. The van der Waals surface area contributed by atoms with Gasteiger partial charge in [0.1, 0.15) is 5.82 Å². The highest BCUT2D eigenvalue weighted by molar-refractivity contribution is 5.39. The average molecular weight is 560 g/mol. The van der Waals surface area contributed by atoms with Crippen LogP contribution in [0.1, 0.15) is 145 Å². The Labute approximate surface area is 248 Å². The summed E-state index contributed by atoms with van der Waals surface area (Å²) >= 11 is 0. The molecule has 1 aromatic rings. The molecule has 0 radical (unpaired) electrons. The third-order valence-electron chi connectivity index (χ3n) is 8.18. The normalized spacial score (nSPS) is 16.9. The topological polar surface area (TPSA) is 60.4 Å². The molecule has 1 aliphatic heterocycles. The molecule has 232 valence electrons. The summed E-state index contributed by atoms with van der Waals surface area (Å²) < 4.78 is 0. The molecule has 1 fully saturated rings. The summed E-state index contributed by atoms with van der Waals surface area (Å²) in [4.78, 5) is 23.2. The van der Waals surface area contributed by atoms with Crippen molar-refractivity contribution in [1.82, 2.24) is 25.2 Å². The van der Waals surface area contributed by atoms with Gasteiger partial charge in [-0.25, -0.2) is 0 Å². The second-order valence-corrected chi connectivity index (χ2v) is 13.5. The summed E-state index contributed by atoms with van der Waals surface area (Å²) in [6, 6.07) is 0.508. The molecular formula is C33H65N7. The summed E-state index contributed by atoms with van der Waals surface area (Å²) in [5, 5.41) is 3.88. The van der Waals surface area contributed by atoms with Gasteiger partial charge in [-0.3, -0.25) is 4.90 Å². The van der Waals surface area contributed by atoms with Gasteiger partial charge in [0, 0.05) is 43.3 Å². The maximum absolute atomic E-state index is 5.22. The van der Waals surface area contributed by atoms with Gasteiger partial charge in [0.05, 0.1) is 6.54 Å². The number of nitrogens with zero attached hydrogens (tertiary/aromatic N) is 6. The maximum Gasteiger partial charge on any atom is 0.230 e. The van der Waals surface area contributed by atoms with Gasteiger partial charge in [-0.15, -0.1) is 0 Å². The number of hydrogen-bond donors (Lipinski definition) is 1. The molecule has 7 heteroatoms. The zero-order valence-electron chi connectivity index (χ0n) is 28.0. The van der Waals surface area contributed by atoms with Crippen LogP contribution < -0.4 is 15.1 Å². The molecule has 2 rings (SSSR count). The highest BCUT2D eigenvalue weighted by atomic mass is 15.3. The largest absolute Gasteiger partial charge is 0.341 e. The first kappa shape index (κ1) is 34.7. The van der Waals surface area contributed by atoms with Crippen molar-refractivity contribution in [2.45, 2.75) is 163 Å². The quantitative estimate of drug-likeness (QED) is 0.176. The Morgan fingerprint density at radius 3 is 1.35 bits per heavy atom. The first-order valence-corrected chi connectivity index (χ1v) is 16.9. The van der Waals surface area contributed by atoms with E-state index in [1.54, 1.807) is 0 Å². The minimum Gasteiger partial charge on any atom is -0.341 e. The van der Waals surface area contributed by atoms with Crippen LogP contribution in [0.3, 0.4) is 0 Å². The minimum absolute atomic E-state index is 0.112. The summed E-state index contributed by atoms with van der Waals surface area (Å²) in [7, 11) is 0. The monoisotopic (exact) mass is 560 g/mol. The van der Waals surface area contributed by atoms with E-state index in [0.717, 1.165) is 95.5 Å². The van der Waals surface area contributed by atoms with E-state index in [0.29, 0.717) is 6.04 Å². The van der Waals surface area contributed by atoms with Gasteiger partial charge in [-0.1, -0.05) is 66.7 Å². The molecule has 1 aliphatic rings. The molecule has 1 N–H and O–H groups in total. The highest BCUT2D eigenvalue weighted by Crippen LogP contribution is 2.32. The third kappa shape index (κ3) is 11.8. The fourth-order valence-corrected chi connectivity index (χ4v) is 6.23. The Balaban J connectivity index is 2.51. The molecule has 0 atom stereocenters. The minimum atomic E-state index is 0.112. The van der Waals surface area contributed by atoms with Gasteiger partial charge in [-0.05, 0) is 79.2 Å². The lowest BCUT2D eigenvalue weighted by Gasteiger charge is -2.49. The summed E-state index contributed by atoms with van der Waals surface area (Å²) in [6.07, 6.45) is 14.1. The SMILES string of the molecule is CCCCN(CCCC)c1nc(CN(CCCC)C2CC(C)(C)NC(C)(C)C2)nc(N(CCCC)CCCC)n1. The van der Waals surface area contributed by atoms with Crippen LogP contribution in [0.15, 0.2) is 0 Å². The molecule has 0 spiro atoms. The van der Waals surface area contributed by atoms with Crippen LogP contribution in [0.4, 0.5) is 11.9 Å². The van der Waals surface area contributed by atoms with Gasteiger partial charge >= 0.3 is 0 Å². The van der Waals surface area contributed by atoms with Crippen molar-refractivity contribution in [2.24, 2.45) is 0 Å². The zero-order valence-corrected chi connectivity index (χ0v) is 28.0. The van der Waals surface area contributed by atoms with Crippen molar-refractivity contribution in [2.75, 3.05) is 42.5 Å². The highest BCUT2D eigenvalue weighted by Gasteiger charge is 2.40.